The lowest BCUT2D eigenvalue weighted by atomic mass is 9.95. The van der Waals surface area contributed by atoms with Gasteiger partial charge in [0, 0.05) is 25.3 Å². The maximum absolute atomic E-state index is 5.29. The molecule has 2 unspecified atom stereocenters. The normalized spacial score (nSPS) is 22.0. The Kier molecular flexibility index (Phi) is 3.71. The maximum atomic E-state index is 5.29. The average molecular weight is 347 g/mol. The van der Waals surface area contributed by atoms with Gasteiger partial charge in [-0.05, 0) is 30.4 Å². The van der Waals surface area contributed by atoms with Crippen LogP contribution in [0.1, 0.15) is 30.5 Å². The lowest BCUT2D eigenvalue weighted by Crippen LogP contribution is -2.39. The number of benzene rings is 1. The second-order valence-corrected chi connectivity index (χ2v) is 6.98. The molecule has 26 heavy (non-hydrogen) atoms. The van der Waals surface area contributed by atoms with Crippen molar-refractivity contribution in [2.75, 3.05) is 12.0 Å². The lowest BCUT2D eigenvalue weighted by molar-refractivity contribution is 0.181. The van der Waals surface area contributed by atoms with Gasteiger partial charge in [0.2, 0.25) is 0 Å². The van der Waals surface area contributed by atoms with Crippen LogP contribution in [0.2, 0.25) is 0 Å². The first kappa shape index (κ1) is 15.5. The molecule has 2 aliphatic rings. The minimum atomic E-state index is 0.383. The molecule has 0 N–H and O–H groups in total. The van der Waals surface area contributed by atoms with Gasteiger partial charge in [-0.25, -0.2) is 4.98 Å². The number of hydrogen-bond donors (Lipinski definition) is 0. The number of methoxy groups -OCH3 is 1. The predicted octanol–water partition coefficient (Wildman–Crippen LogP) is 3.10. The van der Waals surface area contributed by atoms with Gasteiger partial charge in [0.25, 0.3) is 5.78 Å². The molecule has 0 amide bonds. The van der Waals surface area contributed by atoms with Crippen LogP contribution in [0.25, 0.3) is 11.4 Å². The highest BCUT2D eigenvalue weighted by atomic mass is 16.5. The maximum Gasteiger partial charge on any atom is 0.254 e. The van der Waals surface area contributed by atoms with E-state index in [1.165, 1.54) is 24.0 Å². The molecule has 1 fully saturated rings. The molecule has 1 saturated heterocycles. The largest absolute Gasteiger partial charge is 0.378 e. The Labute approximate surface area is 152 Å². The molecule has 2 atom stereocenters. The van der Waals surface area contributed by atoms with E-state index in [1.807, 2.05) is 4.52 Å². The Bertz CT molecular complexity index is 965. The smallest absolute Gasteiger partial charge is 0.254 e. The van der Waals surface area contributed by atoms with Gasteiger partial charge in [-0.1, -0.05) is 36.4 Å². The van der Waals surface area contributed by atoms with Crippen LogP contribution in [0.3, 0.4) is 0 Å². The fourth-order valence-corrected chi connectivity index (χ4v) is 4.30. The molecule has 5 rings (SSSR count). The predicted molar refractivity (Wildman–Crippen MR) is 99.8 cm³/mol. The van der Waals surface area contributed by atoms with E-state index in [0.29, 0.717) is 24.5 Å². The molecule has 0 saturated carbocycles. The Morgan fingerprint density at radius 2 is 2.08 bits per heavy atom. The third-order valence-corrected chi connectivity index (χ3v) is 5.38. The zero-order valence-electron chi connectivity index (χ0n) is 14.7. The van der Waals surface area contributed by atoms with Gasteiger partial charge < -0.3 is 9.64 Å². The summed E-state index contributed by atoms with van der Waals surface area (Å²) in [5.41, 5.74) is 3.68. The topological polar surface area (TPSA) is 55.6 Å². The molecule has 2 bridgehead atoms. The average Bonchev–Trinajstić information content (AvgIpc) is 3.24. The Balaban J connectivity index is 1.57. The van der Waals surface area contributed by atoms with Crippen LogP contribution in [0.15, 0.2) is 48.8 Å². The summed E-state index contributed by atoms with van der Waals surface area (Å²) in [5.74, 6) is 1.70. The highest BCUT2D eigenvalue weighted by Gasteiger charge is 2.38. The van der Waals surface area contributed by atoms with Gasteiger partial charge in [0.15, 0.2) is 0 Å². The molecule has 132 valence electrons. The van der Waals surface area contributed by atoms with Crippen LogP contribution in [-0.4, -0.2) is 38.8 Å². The molecule has 0 radical (unpaired) electrons. The van der Waals surface area contributed by atoms with Crippen molar-refractivity contribution in [2.24, 2.45) is 0 Å². The van der Waals surface area contributed by atoms with E-state index in [9.17, 15) is 0 Å². The van der Waals surface area contributed by atoms with E-state index in [1.54, 1.807) is 13.4 Å². The zero-order valence-corrected chi connectivity index (χ0v) is 14.7. The number of rotatable bonds is 4. The second kappa shape index (κ2) is 6.21. The molecule has 4 heterocycles. The molecule has 6 nitrogen and oxygen atoms in total. The van der Waals surface area contributed by atoms with Crippen LogP contribution >= 0.6 is 0 Å². The van der Waals surface area contributed by atoms with Gasteiger partial charge in [-0.2, -0.15) is 14.6 Å². The second-order valence-electron chi connectivity index (χ2n) is 6.98. The van der Waals surface area contributed by atoms with Gasteiger partial charge in [0.1, 0.15) is 12.1 Å². The van der Waals surface area contributed by atoms with Gasteiger partial charge in [-0.3, -0.25) is 0 Å². The van der Waals surface area contributed by atoms with Crippen LogP contribution < -0.4 is 4.90 Å². The van der Waals surface area contributed by atoms with E-state index >= 15 is 0 Å². The van der Waals surface area contributed by atoms with E-state index in [0.717, 1.165) is 17.9 Å². The van der Waals surface area contributed by atoms with Crippen molar-refractivity contribution in [3.63, 3.8) is 0 Å². The van der Waals surface area contributed by atoms with Crippen LogP contribution in [0.5, 0.6) is 0 Å². The van der Waals surface area contributed by atoms with E-state index < -0.39 is 0 Å². The summed E-state index contributed by atoms with van der Waals surface area (Å²) in [6, 6.07) is 13.7. The summed E-state index contributed by atoms with van der Waals surface area (Å²) >= 11 is 0. The van der Waals surface area contributed by atoms with Crippen molar-refractivity contribution in [1.82, 2.24) is 19.6 Å². The van der Waals surface area contributed by atoms with Crippen molar-refractivity contribution in [2.45, 2.75) is 38.0 Å². The monoisotopic (exact) mass is 347 g/mol. The highest BCUT2D eigenvalue weighted by Crippen LogP contribution is 2.41. The zero-order chi connectivity index (χ0) is 17.5. The van der Waals surface area contributed by atoms with Gasteiger partial charge >= 0.3 is 0 Å². The fraction of sp³-hybridized carbons (Fsp3) is 0.350. The van der Waals surface area contributed by atoms with Crippen molar-refractivity contribution in [3.05, 3.63) is 60.1 Å². The SMILES string of the molecule is COCc1cc(N2C3C=C(c4ccccc4)CC2CC3)n2ncnc2n1. The van der Waals surface area contributed by atoms with E-state index in [2.05, 4.69) is 62.4 Å². The number of ether oxygens (including phenoxy) is 1. The molecule has 6 heteroatoms. The molecule has 2 aromatic heterocycles. The first-order valence-corrected chi connectivity index (χ1v) is 9.06. The Morgan fingerprint density at radius 3 is 2.88 bits per heavy atom. The first-order valence-electron chi connectivity index (χ1n) is 9.06. The number of hydrogen-bond acceptors (Lipinski definition) is 5. The number of nitrogens with zero attached hydrogens (tertiary/aromatic N) is 5. The summed E-state index contributed by atoms with van der Waals surface area (Å²) in [5, 5.41) is 4.41. The highest BCUT2D eigenvalue weighted by molar-refractivity contribution is 5.71. The number of anilines is 1. The summed E-state index contributed by atoms with van der Waals surface area (Å²) in [4.78, 5) is 11.3. The molecule has 3 aromatic rings. The van der Waals surface area contributed by atoms with Crippen LogP contribution in [0.4, 0.5) is 5.82 Å². The number of fused-ring (bicyclic) bond motifs is 3. The quantitative estimate of drug-likeness (QED) is 0.726. The van der Waals surface area contributed by atoms with E-state index in [4.69, 9.17) is 4.74 Å². The van der Waals surface area contributed by atoms with Crippen LogP contribution in [0, 0.1) is 0 Å². The van der Waals surface area contributed by atoms with Gasteiger partial charge in [-0.15, -0.1) is 0 Å². The van der Waals surface area contributed by atoms with Crippen LogP contribution in [-0.2, 0) is 11.3 Å². The number of aromatic nitrogens is 4. The molecular weight excluding hydrogens is 326 g/mol. The summed E-state index contributed by atoms with van der Waals surface area (Å²) < 4.78 is 7.14. The third-order valence-electron chi connectivity index (χ3n) is 5.38. The summed E-state index contributed by atoms with van der Waals surface area (Å²) in [6.45, 7) is 0.477. The summed E-state index contributed by atoms with van der Waals surface area (Å²) in [6.07, 6.45) is 7.41. The van der Waals surface area contributed by atoms with Crippen molar-refractivity contribution in [1.29, 1.82) is 0 Å². The molecule has 1 aromatic carbocycles. The standard InChI is InChI=1S/C20H21N5O/c1-26-12-16-11-19(25-20(23-16)21-13-22-25)24-17-7-8-18(24)10-15(9-17)14-5-3-2-4-6-14/h2-6,9,11,13,17-18H,7-8,10,12H2,1H3. The van der Waals surface area contributed by atoms with Gasteiger partial charge in [0.05, 0.1) is 12.3 Å². The molecule has 0 spiro atoms. The molecule has 0 aliphatic carbocycles. The Hall–Kier alpha value is -2.73. The minimum Gasteiger partial charge on any atom is -0.378 e. The Morgan fingerprint density at radius 1 is 1.19 bits per heavy atom. The van der Waals surface area contributed by atoms with Crippen molar-refractivity contribution < 1.29 is 4.74 Å². The van der Waals surface area contributed by atoms with Crippen molar-refractivity contribution in [3.8, 4) is 0 Å². The first-order chi connectivity index (χ1) is 12.8. The molecule has 2 aliphatic heterocycles. The minimum absolute atomic E-state index is 0.383. The summed E-state index contributed by atoms with van der Waals surface area (Å²) in [7, 11) is 1.69. The third kappa shape index (κ3) is 2.49. The molecular formula is C20H21N5O. The lowest BCUT2D eigenvalue weighted by Gasteiger charge is -2.36. The fourth-order valence-electron chi connectivity index (χ4n) is 4.30. The van der Waals surface area contributed by atoms with Crippen molar-refractivity contribution >= 4 is 17.2 Å². The van der Waals surface area contributed by atoms with E-state index in [-0.39, 0.29) is 0 Å².